The van der Waals surface area contributed by atoms with E-state index in [1.54, 1.807) is 13.4 Å². The van der Waals surface area contributed by atoms with Crippen molar-refractivity contribution in [3.8, 4) is 5.75 Å². The van der Waals surface area contributed by atoms with E-state index in [0.29, 0.717) is 0 Å². The van der Waals surface area contributed by atoms with Crippen molar-refractivity contribution in [2.24, 2.45) is 0 Å². The van der Waals surface area contributed by atoms with E-state index in [0.717, 1.165) is 34.9 Å². The largest absolute Gasteiger partial charge is 0.497 e. The molecule has 0 spiro atoms. The second kappa shape index (κ2) is 6.43. The quantitative estimate of drug-likeness (QED) is 0.787. The zero-order chi connectivity index (χ0) is 17.2. The van der Waals surface area contributed by atoms with E-state index >= 15 is 0 Å². The minimum atomic E-state index is -0.0327. The van der Waals surface area contributed by atoms with Crippen molar-refractivity contribution in [3.05, 3.63) is 77.6 Å². The first-order chi connectivity index (χ1) is 12.3. The van der Waals surface area contributed by atoms with Crippen LogP contribution in [0, 0.1) is 0 Å². The summed E-state index contributed by atoms with van der Waals surface area (Å²) < 4.78 is 7.26. The maximum Gasteiger partial charge on any atom is 0.226 e. The van der Waals surface area contributed by atoms with Gasteiger partial charge in [-0.25, -0.2) is 4.68 Å². The molecular formula is C20H20N4O. The summed E-state index contributed by atoms with van der Waals surface area (Å²) in [5.41, 5.74) is 4.61. The zero-order valence-electron chi connectivity index (χ0n) is 14.3. The minimum absolute atomic E-state index is 0.0327. The van der Waals surface area contributed by atoms with Crippen LogP contribution in [0.2, 0.25) is 0 Å². The van der Waals surface area contributed by atoms with E-state index in [9.17, 15) is 0 Å². The van der Waals surface area contributed by atoms with Crippen molar-refractivity contribution < 1.29 is 4.74 Å². The third-order valence-corrected chi connectivity index (χ3v) is 4.52. The number of rotatable bonds is 4. The molecule has 1 N–H and O–H groups in total. The van der Waals surface area contributed by atoms with E-state index < -0.39 is 0 Å². The molecule has 25 heavy (non-hydrogen) atoms. The Hall–Kier alpha value is -3.08. The van der Waals surface area contributed by atoms with Crippen LogP contribution in [0.5, 0.6) is 5.75 Å². The van der Waals surface area contributed by atoms with E-state index in [-0.39, 0.29) is 6.04 Å². The topological polar surface area (TPSA) is 52.0 Å². The Labute approximate surface area is 147 Å². The molecule has 2 aromatic carbocycles. The van der Waals surface area contributed by atoms with Gasteiger partial charge in [0.1, 0.15) is 18.1 Å². The second-order valence-corrected chi connectivity index (χ2v) is 6.01. The lowest BCUT2D eigenvalue weighted by Crippen LogP contribution is -2.20. The monoisotopic (exact) mass is 332 g/mol. The van der Waals surface area contributed by atoms with Crippen LogP contribution in [0.3, 0.4) is 0 Å². The number of fused-ring (bicyclic) bond motifs is 1. The van der Waals surface area contributed by atoms with Crippen LogP contribution in [0.25, 0.3) is 5.70 Å². The highest BCUT2D eigenvalue weighted by Gasteiger charge is 2.23. The smallest absolute Gasteiger partial charge is 0.226 e. The van der Waals surface area contributed by atoms with Gasteiger partial charge in [-0.1, -0.05) is 43.3 Å². The van der Waals surface area contributed by atoms with Gasteiger partial charge in [0, 0.05) is 5.70 Å². The van der Waals surface area contributed by atoms with Gasteiger partial charge in [0.25, 0.3) is 0 Å². The van der Waals surface area contributed by atoms with Crippen LogP contribution in [0.15, 0.2) is 60.9 Å². The molecule has 1 atom stereocenters. The first-order valence-corrected chi connectivity index (χ1v) is 8.40. The molecule has 3 aromatic rings. The highest BCUT2D eigenvalue weighted by atomic mass is 16.5. The lowest BCUT2D eigenvalue weighted by atomic mass is 10.0. The van der Waals surface area contributed by atoms with E-state index in [1.165, 1.54) is 5.56 Å². The van der Waals surface area contributed by atoms with Crippen LogP contribution in [-0.2, 0) is 6.42 Å². The van der Waals surface area contributed by atoms with Gasteiger partial charge in [0.05, 0.1) is 7.11 Å². The molecule has 126 valence electrons. The number of aryl methyl sites for hydroxylation is 1. The van der Waals surface area contributed by atoms with Gasteiger partial charge in [0.15, 0.2) is 0 Å². The summed E-state index contributed by atoms with van der Waals surface area (Å²) in [5, 5.41) is 7.76. The fourth-order valence-corrected chi connectivity index (χ4v) is 3.09. The van der Waals surface area contributed by atoms with Gasteiger partial charge in [-0.2, -0.15) is 10.1 Å². The Morgan fingerprint density at radius 3 is 2.76 bits per heavy atom. The van der Waals surface area contributed by atoms with Crippen LogP contribution < -0.4 is 10.1 Å². The lowest BCUT2D eigenvalue weighted by molar-refractivity contribution is 0.413. The number of nitrogens with zero attached hydrogens (tertiary/aromatic N) is 3. The first kappa shape index (κ1) is 15.4. The summed E-state index contributed by atoms with van der Waals surface area (Å²) in [5.74, 6) is 1.57. The average molecular weight is 332 g/mol. The highest BCUT2D eigenvalue weighted by Crippen LogP contribution is 2.33. The number of aromatic nitrogens is 3. The normalized spacial score (nSPS) is 15.9. The van der Waals surface area contributed by atoms with Crippen molar-refractivity contribution >= 4 is 11.6 Å². The zero-order valence-corrected chi connectivity index (χ0v) is 14.3. The molecule has 1 aliphatic rings. The Balaban J connectivity index is 1.77. The molecule has 0 amide bonds. The molecule has 1 aromatic heterocycles. The molecule has 0 radical (unpaired) electrons. The number of ether oxygens (including phenoxy) is 1. The van der Waals surface area contributed by atoms with Gasteiger partial charge >= 0.3 is 0 Å². The number of benzene rings is 2. The van der Waals surface area contributed by atoms with E-state index in [2.05, 4.69) is 58.7 Å². The third-order valence-electron chi connectivity index (χ3n) is 4.52. The molecule has 1 aliphatic heterocycles. The summed E-state index contributed by atoms with van der Waals surface area (Å²) >= 11 is 0. The van der Waals surface area contributed by atoms with Gasteiger partial charge in [-0.15, -0.1) is 0 Å². The molecule has 5 heteroatoms. The molecule has 0 bridgehead atoms. The summed E-state index contributed by atoms with van der Waals surface area (Å²) in [4.78, 5) is 4.35. The number of hydrogen-bond donors (Lipinski definition) is 1. The van der Waals surface area contributed by atoms with Crippen molar-refractivity contribution in [2.45, 2.75) is 19.4 Å². The van der Waals surface area contributed by atoms with Crippen molar-refractivity contribution in [2.75, 3.05) is 12.4 Å². The lowest BCUT2D eigenvalue weighted by Gasteiger charge is -2.24. The second-order valence-electron chi connectivity index (χ2n) is 6.01. The van der Waals surface area contributed by atoms with Gasteiger partial charge in [0.2, 0.25) is 5.95 Å². The molecule has 5 nitrogen and oxygen atoms in total. The Kier molecular flexibility index (Phi) is 3.98. The fraction of sp³-hybridized carbons (Fsp3) is 0.200. The Morgan fingerprint density at radius 2 is 2.00 bits per heavy atom. The predicted molar refractivity (Wildman–Crippen MR) is 98.6 cm³/mol. The van der Waals surface area contributed by atoms with Crippen LogP contribution >= 0.6 is 0 Å². The van der Waals surface area contributed by atoms with E-state index in [1.807, 2.05) is 22.9 Å². The molecule has 0 aliphatic carbocycles. The summed E-state index contributed by atoms with van der Waals surface area (Å²) in [6.45, 7) is 2.16. The van der Waals surface area contributed by atoms with Gasteiger partial charge < -0.3 is 10.1 Å². The molecule has 0 saturated carbocycles. The maximum absolute atomic E-state index is 5.37. The van der Waals surface area contributed by atoms with Gasteiger partial charge in [-0.3, -0.25) is 0 Å². The molecule has 2 heterocycles. The summed E-state index contributed by atoms with van der Waals surface area (Å²) in [6.07, 6.45) is 4.79. The molecule has 0 unspecified atom stereocenters. The Bertz CT molecular complexity index is 911. The summed E-state index contributed by atoms with van der Waals surface area (Å²) in [7, 11) is 1.68. The van der Waals surface area contributed by atoms with Crippen LogP contribution in [0.1, 0.15) is 29.7 Å². The Morgan fingerprint density at radius 1 is 1.16 bits per heavy atom. The van der Waals surface area contributed by atoms with Gasteiger partial charge in [-0.05, 0) is 41.3 Å². The standard InChI is InChI=1S/C20H20N4O/c1-3-14-7-9-15(10-8-14)18-12-19(24-20(23-18)21-13-22-24)16-5-4-6-17(11-16)25-2/h4-13,19H,3H2,1-2H3,(H,21,22,23)/t19-/m0/s1. The first-order valence-electron chi connectivity index (χ1n) is 8.40. The number of nitrogens with one attached hydrogen (secondary N) is 1. The molecular weight excluding hydrogens is 312 g/mol. The SMILES string of the molecule is CCc1ccc(C2=C[C@@H](c3cccc(OC)c3)n3ncnc3N2)cc1. The third kappa shape index (κ3) is 2.89. The number of methoxy groups -OCH3 is 1. The number of anilines is 1. The number of hydrogen-bond acceptors (Lipinski definition) is 4. The van der Waals surface area contributed by atoms with E-state index in [4.69, 9.17) is 4.74 Å². The average Bonchev–Trinajstić information content (AvgIpc) is 3.16. The van der Waals surface area contributed by atoms with Crippen LogP contribution in [0.4, 0.5) is 5.95 Å². The molecule has 0 fully saturated rings. The summed E-state index contributed by atoms with van der Waals surface area (Å²) in [6, 6.07) is 16.6. The van der Waals surface area contributed by atoms with Crippen molar-refractivity contribution in [3.63, 3.8) is 0 Å². The predicted octanol–water partition coefficient (Wildman–Crippen LogP) is 3.91. The molecule has 0 saturated heterocycles. The highest BCUT2D eigenvalue weighted by molar-refractivity contribution is 5.77. The minimum Gasteiger partial charge on any atom is -0.497 e. The number of allylic oxidation sites excluding steroid dienone is 1. The fourth-order valence-electron chi connectivity index (χ4n) is 3.09. The van der Waals surface area contributed by atoms with Crippen molar-refractivity contribution in [1.82, 2.24) is 14.8 Å². The maximum atomic E-state index is 5.37. The molecule has 4 rings (SSSR count). The van der Waals surface area contributed by atoms with Crippen molar-refractivity contribution in [1.29, 1.82) is 0 Å². The van der Waals surface area contributed by atoms with Crippen LogP contribution in [-0.4, -0.2) is 21.9 Å².